The standard InChI is InChI=1S/C45H58N3O7S2/c1-2-27-6-3-4-8-40(54-17-16-49)43-30(10-9-27)18-28-11-12-29-20-38(51)41(23-36(29)35(28)22-39(43)52)55-42-21-31(19-33-7-5-14-47-33)34-13-15-48-45(46)37(34)26-57-56-25-32(24-50)44(42)53/h5,7,13-15,18,20,23,27,30-32,35,39-40,42-44,49-53H,2-4,6,8,11-12,16-17,19,21-22,24-26H2,1H3,(H2,46,48)/q-1. The SMILES string of the molecule is CCC1C#CC2C=C3CCc4cc(O)c(OC5CC(Cc6ccc[n-]6)c6ccnc(N)c6CSSCC(CO)C5O)cc4C3CC(O)C2C(OCCO)CCCC1. The zero-order chi connectivity index (χ0) is 39.9. The first-order chi connectivity index (χ1) is 27.8. The van der Waals surface area contributed by atoms with Gasteiger partial charge >= 0.3 is 0 Å². The molecule has 0 amide bonds. The Morgan fingerprint density at radius 1 is 1.02 bits per heavy atom. The number of hydrogen-bond acceptors (Lipinski definition) is 11. The monoisotopic (exact) mass is 816 g/mol. The van der Waals surface area contributed by atoms with Crippen LogP contribution < -0.4 is 15.5 Å². The minimum absolute atomic E-state index is 0.00599. The number of benzene rings is 1. The fraction of sp³-hybridized carbons (Fsp3) is 0.578. The Hall–Kier alpha value is -3.15. The molecule has 3 aliphatic carbocycles. The summed E-state index contributed by atoms with van der Waals surface area (Å²) in [7, 11) is 3.20. The Morgan fingerprint density at radius 2 is 1.88 bits per heavy atom. The van der Waals surface area contributed by atoms with Crippen LogP contribution in [-0.4, -0.2) is 80.5 Å². The van der Waals surface area contributed by atoms with E-state index in [1.54, 1.807) is 40.0 Å². The van der Waals surface area contributed by atoms with Gasteiger partial charge in [0.1, 0.15) is 11.9 Å². The van der Waals surface area contributed by atoms with Crippen molar-refractivity contribution in [1.29, 1.82) is 0 Å². The lowest BCUT2D eigenvalue weighted by atomic mass is 9.76. The molecule has 0 saturated carbocycles. The van der Waals surface area contributed by atoms with Crippen LogP contribution in [0.3, 0.4) is 0 Å². The van der Waals surface area contributed by atoms with Gasteiger partial charge in [0.2, 0.25) is 0 Å². The number of pyridine rings is 1. The second-order valence-corrected chi connectivity index (χ2v) is 18.7. The van der Waals surface area contributed by atoms with Gasteiger partial charge in [-0.25, -0.2) is 4.98 Å². The third-order valence-corrected chi connectivity index (χ3v) is 15.0. The van der Waals surface area contributed by atoms with Crippen LogP contribution in [0, 0.1) is 35.5 Å². The van der Waals surface area contributed by atoms with Gasteiger partial charge in [0.05, 0.1) is 31.5 Å². The van der Waals surface area contributed by atoms with Gasteiger partial charge in [0.25, 0.3) is 0 Å². The van der Waals surface area contributed by atoms with Crippen molar-refractivity contribution in [1.82, 2.24) is 9.97 Å². The van der Waals surface area contributed by atoms with Crippen molar-refractivity contribution >= 4 is 27.4 Å². The maximum Gasteiger partial charge on any atom is 0.161 e. The number of nitrogens with two attached hydrogens (primary N) is 1. The zero-order valence-corrected chi connectivity index (χ0v) is 34.5. The Kier molecular flexibility index (Phi) is 14.5. The van der Waals surface area contributed by atoms with Crippen molar-refractivity contribution in [2.24, 2.45) is 23.7 Å². The third-order valence-electron chi connectivity index (χ3n) is 12.6. The lowest BCUT2D eigenvalue weighted by Gasteiger charge is -2.35. The van der Waals surface area contributed by atoms with Crippen LogP contribution in [0.5, 0.6) is 11.5 Å². The summed E-state index contributed by atoms with van der Waals surface area (Å²) in [4.78, 5) is 8.98. The Morgan fingerprint density at radius 3 is 2.67 bits per heavy atom. The number of anilines is 1. The van der Waals surface area contributed by atoms with Gasteiger partial charge in [-0.1, -0.05) is 77.0 Å². The van der Waals surface area contributed by atoms with Crippen LogP contribution >= 0.6 is 21.6 Å². The van der Waals surface area contributed by atoms with E-state index in [1.807, 2.05) is 24.3 Å². The van der Waals surface area contributed by atoms with E-state index in [0.717, 1.165) is 72.9 Å². The third kappa shape index (κ3) is 9.84. The predicted molar refractivity (Wildman–Crippen MR) is 226 cm³/mol. The molecule has 308 valence electrons. The van der Waals surface area contributed by atoms with Gasteiger partial charge in [-0.05, 0) is 92.2 Å². The molecule has 1 aromatic carbocycles. The molecule has 0 radical (unpaired) electrons. The average Bonchev–Trinajstić information content (AvgIpc) is 3.67. The van der Waals surface area contributed by atoms with Gasteiger partial charge < -0.3 is 45.7 Å². The molecule has 57 heavy (non-hydrogen) atoms. The molecule has 12 heteroatoms. The number of phenolic OH excluding ortho intramolecular Hbond substituents is 1. The first-order valence-electron chi connectivity index (χ1n) is 20.8. The van der Waals surface area contributed by atoms with Crippen LogP contribution in [0.2, 0.25) is 0 Å². The van der Waals surface area contributed by atoms with Gasteiger partial charge in [0.15, 0.2) is 11.5 Å². The molecule has 1 aliphatic heterocycles. The lowest BCUT2D eigenvalue weighted by Crippen LogP contribution is -2.41. The number of hydrogen-bond donors (Lipinski definition) is 6. The number of rotatable bonds is 9. The molecule has 3 aromatic rings. The van der Waals surface area contributed by atoms with Crippen molar-refractivity contribution in [2.75, 3.05) is 31.3 Å². The van der Waals surface area contributed by atoms with Gasteiger partial charge in [-0.2, -0.15) is 11.9 Å². The highest BCUT2D eigenvalue weighted by atomic mass is 33.1. The van der Waals surface area contributed by atoms with Crippen LogP contribution in [0.4, 0.5) is 5.82 Å². The molecule has 4 aliphatic rings. The normalized spacial score (nSPS) is 30.7. The molecule has 7 N–H and O–H groups in total. The summed E-state index contributed by atoms with van der Waals surface area (Å²) >= 11 is 0. The predicted octanol–water partition coefficient (Wildman–Crippen LogP) is 6.29. The number of allylic oxidation sites excluding steroid dienone is 2. The molecule has 2 aromatic heterocycles. The number of aliphatic hydroxyl groups is 4. The van der Waals surface area contributed by atoms with Gasteiger partial charge in [-0.15, -0.1) is 0 Å². The minimum atomic E-state index is -1.05. The fourth-order valence-electron chi connectivity index (χ4n) is 9.50. The van der Waals surface area contributed by atoms with E-state index in [0.29, 0.717) is 42.5 Å². The molecular formula is C45H58N3O7S2-. The summed E-state index contributed by atoms with van der Waals surface area (Å²) in [6.07, 6.45) is 10.8. The Bertz CT molecular complexity index is 1880. The summed E-state index contributed by atoms with van der Waals surface area (Å²) in [6.45, 7) is 2.11. The number of aryl methyl sites for hydroxylation is 1. The number of aromatic hydroxyl groups is 1. The number of aliphatic hydroxyl groups excluding tert-OH is 4. The Labute approximate surface area is 344 Å². The quantitative estimate of drug-likeness (QED) is 0.0812. The highest BCUT2D eigenvalue weighted by molar-refractivity contribution is 8.76. The lowest BCUT2D eigenvalue weighted by molar-refractivity contribution is -0.0602. The molecule has 0 saturated heterocycles. The molecule has 3 heterocycles. The number of nitrogens with zero attached hydrogens (tertiary/aromatic N) is 2. The zero-order valence-electron chi connectivity index (χ0n) is 32.8. The van der Waals surface area contributed by atoms with Crippen molar-refractivity contribution in [3.05, 3.63) is 82.3 Å². The Balaban J connectivity index is 1.25. The van der Waals surface area contributed by atoms with Gasteiger partial charge in [-0.3, -0.25) is 0 Å². The van der Waals surface area contributed by atoms with Crippen LogP contribution in [0.25, 0.3) is 0 Å². The fourth-order valence-corrected chi connectivity index (χ4v) is 12.0. The molecule has 10 atom stereocenters. The number of phenols is 1. The highest BCUT2D eigenvalue weighted by Crippen LogP contribution is 2.49. The van der Waals surface area contributed by atoms with E-state index in [4.69, 9.17) is 15.2 Å². The molecule has 0 fully saturated rings. The molecule has 0 bridgehead atoms. The highest BCUT2D eigenvalue weighted by Gasteiger charge is 2.42. The van der Waals surface area contributed by atoms with E-state index in [9.17, 15) is 25.5 Å². The van der Waals surface area contributed by atoms with E-state index in [-0.39, 0.29) is 61.1 Å². The maximum atomic E-state index is 12.2. The van der Waals surface area contributed by atoms with Crippen LogP contribution in [0.15, 0.2) is 54.4 Å². The average molecular weight is 817 g/mol. The van der Waals surface area contributed by atoms with Crippen molar-refractivity contribution in [3.63, 3.8) is 0 Å². The maximum absolute atomic E-state index is 12.2. The van der Waals surface area contributed by atoms with E-state index >= 15 is 0 Å². The minimum Gasteiger partial charge on any atom is -0.668 e. The van der Waals surface area contributed by atoms with E-state index < -0.39 is 24.2 Å². The molecule has 10 unspecified atom stereocenters. The second-order valence-electron chi connectivity index (χ2n) is 16.2. The van der Waals surface area contributed by atoms with Crippen molar-refractivity contribution < 1.29 is 35.0 Å². The number of fused-ring (bicyclic) bond motifs is 5. The summed E-state index contributed by atoms with van der Waals surface area (Å²) in [5, 5.41) is 56.0. The smallest absolute Gasteiger partial charge is 0.161 e. The summed E-state index contributed by atoms with van der Waals surface area (Å²) < 4.78 is 13.1. The largest absolute Gasteiger partial charge is 0.668 e. The van der Waals surface area contributed by atoms with E-state index in [1.165, 1.54) is 5.57 Å². The number of aromatic nitrogens is 2. The topological polar surface area (TPSA) is 173 Å². The van der Waals surface area contributed by atoms with E-state index in [2.05, 4.69) is 34.8 Å². The number of nitrogen functional groups attached to an aromatic ring is 1. The summed E-state index contributed by atoms with van der Waals surface area (Å²) in [5.41, 5.74) is 12.6. The first kappa shape index (κ1) is 42.0. The second kappa shape index (κ2) is 19.7. The molecule has 0 spiro atoms. The molecule has 10 nitrogen and oxygen atoms in total. The molecule has 7 rings (SSSR count). The van der Waals surface area contributed by atoms with Crippen molar-refractivity contribution in [3.8, 4) is 23.3 Å². The summed E-state index contributed by atoms with van der Waals surface area (Å²) in [5.74, 6) is 8.15. The van der Waals surface area contributed by atoms with Crippen LogP contribution in [-0.2, 0) is 23.3 Å². The number of ether oxygens (including phenoxy) is 2. The van der Waals surface area contributed by atoms with Gasteiger partial charge in [0, 0.05) is 59.5 Å². The molecular weight excluding hydrogens is 759 g/mol. The van der Waals surface area contributed by atoms with Crippen molar-refractivity contribution in [2.45, 2.75) is 113 Å². The summed E-state index contributed by atoms with van der Waals surface area (Å²) in [6, 6.07) is 9.60. The van der Waals surface area contributed by atoms with Crippen LogP contribution in [0.1, 0.15) is 98.1 Å². The first-order valence-corrected chi connectivity index (χ1v) is 23.2.